The third kappa shape index (κ3) is 3.09. The Morgan fingerprint density at radius 1 is 1.30 bits per heavy atom. The summed E-state index contributed by atoms with van der Waals surface area (Å²) in [6.07, 6.45) is 2.52. The number of piperidine rings is 1. The van der Waals surface area contributed by atoms with Crippen LogP contribution in [0.2, 0.25) is 5.02 Å². The summed E-state index contributed by atoms with van der Waals surface area (Å²) >= 11 is 6.14. The topological polar surface area (TPSA) is 40.6 Å². The van der Waals surface area contributed by atoms with Crippen LogP contribution in [0.1, 0.15) is 35.2 Å². The molecule has 1 aromatic carbocycles. The van der Waals surface area contributed by atoms with Crippen molar-refractivity contribution in [2.75, 3.05) is 20.6 Å². The summed E-state index contributed by atoms with van der Waals surface area (Å²) in [5.41, 5.74) is 1.60. The minimum Gasteiger partial charge on any atom is -0.345 e. The van der Waals surface area contributed by atoms with E-state index in [1.54, 1.807) is 6.07 Å². The standard InChI is InChI=1S/C18H23ClN2O2/c1-11-4-5-12(8-16(11)19)18(23)21(3)15-6-13-9-17(22)20(2)10-14(13)7-15/h4-5,8,13-15H,6-7,9-10H2,1-3H3/t13-,14+,15-/m1/s1. The fourth-order valence-corrected chi connectivity index (χ4v) is 4.08. The number of likely N-dealkylation sites (tertiary alicyclic amines) is 1. The van der Waals surface area contributed by atoms with Crippen molar-refractivity contribution in [3.63, 3.8) is 0 Å². The first-order chi connectivity index (χ1) is 10.9. The average Bonchev–Trinajstić information content (AvgIpc) is 2.91. The van der Waals surface area contributed by atoms with Crippen LogP contribution in [0, 0.1) is 18.8 Å². The van der Waals surface area contributed by atoms with Crippen LogP contribution in [0.15, 0.2) is 18.2 Å². The lowest BCUT2D eigenvalue weighted by atomic mass is 9.88. The van der Waals surface area contributed by atoms with Gasteiger partial charge in [-0.25, -0.2) is 0 Å². The summed E-state index contributed by atoms with van der Waals surface area (Å²) in [5, 5.41) is 0.622. The van der Waals surface area contributed by atoms with Gasteiger partial charge in [0.25, 0.3) is 5.91 Å². The third-order valence-corrected chi connectivity index (χ3v) is 5.88. The lowest BCUT2D eigenvalue weighted by Crippen LogP contribution is -2.39. The Kier molecular flexibility index (Phi) is 4.37. The number of carbonyl (C=O) groups excluding carboxylic acids is 2. The molecule has 2 aliphatic rings. The Labute approximate surface area is 142 Å². The normalized spacial score (nSPS) is 27.0. The molecule has 0 aromatic heterocycles. The fourth-order valence-electron chi connectivity index (χ4n) is 3.90. The van der Waals surface area contributed by atoms with Crippen molar-refractivity contribution in [3.05, 3.63) is 34.3 Å². The minimum atomic E-state index is 0.00947. The largest absolute Gasteiger partial charge is 0.345 e. The average molecular weight is 335 g/mol. The van der Waals surface area contributed by atoms with E-state index < -0.39 is 0 Å². The highest BCUT2D eigenvalue weighted by atomic mass is 35.5. The highest BCUT2D eigenvalue weighted by Gasteiger charge is 2.42. The van der Waals surface area contributed by atoms with Crippen LogP contribution in [0.5, 0.6) is 0 Å². The van der Waals surface area contributed by atoms with Gasteiger partial charge in [0.2, 0.25) is 5.91 Å². The van der Waals surface area contributed by atoms with Crippen molar-refractivity contribution in [2.24, 2.45) is 11.8 Å². The van der Waals surface area contributed by atoms with Crippen LogP contribution in [0.25, 0.3) is 0 Å². The van der Waals surface area contributed by atoms with Crippen molar-refractivity contribution < 1.29 is 9.59 Å². The first-order valence-corrected chi connectivity index (χ1v) is 8.52. The molecule has 5 heteroatoms. The van der Waals surface area contributed by atoms with E-state index >= 15 is 0 Å². The Morgan fingerprint density at radius 2 is 2.00 bits per heavy atom. The number of nitrogens with zero attached hydrogens (tertiary/aromatic N) is 2. The van der Waals surface area contributed by atoms with Crippen LogP contribution in [-0.2, 0) is 4.79 Å². The van der Waals surface area contributed by atoms with Crippen molar-refractivity contribution in [1.29, 1.82) is 0 Å². The number of rotatable bonds is 2. The van der Waals surface area contributed by atoms with Crippen LogP contribution in [0.3, 0.4) is 0 Å². The smallest absolute Gasteiger partial charge is 0.253 e. The molecule has 0 N–H and O–H groups in total. The van der Waals surface area contributed by atoms with Crippen molar-refractivity contribution in [1.82, 2.24) is 9.80 Å². The number of carbonyl (C=O) groups is 2. The molecule has 0 unspecified atom stereocenters. The molecular weight excluding hydrogens is 312 g/mol. The maximum atomic E-state index is 12.7. The number of hydrogen-bond donors (Lipinski definition) is 0. The number of fused-ring (bicyclic) bond motifs is 1. The molecule has 0 spiro atoms. The lowest BCUT2D eigenvalue weighted by Gasteiger charge is -2.31. The van der Waals surface area contributed by atoms with Crippen molar-refractivity contribution >= 4 is 23.4 Å². The van der Waals surface area contributed by atoms with Gasteiger partial charge in [-0.05, 0) is 49.3 Å². The number of amides is 2. The molecule has 1 saturated heterocycles. The van der Waals surface area contributed by atoms with Gasteiger partial charge in [0.1, 0.15) is 0 Å². The molecular formula is C18H23ClN2O2. The Morgan fingerprint density at radius 3 is 2.70 bits per heavy atom. The van der Waals surface area contributed by atoms with E-state index in [9.17, 15) is 9.59 Å². The first kappa shape index (κ1) is 16.3. The number of halogens is 1. The summed E-state index contributed by atoms with van der Waals surface area (Å²) in [4.78, 5) is 28.2. The fraction of sp³-hybridized carbons (Fsp3) is 0.556. The molecule has 1 aromatic rings. The SMILES string of the molecule is Cc1ccc(C(=O)N(C)[C@@H]2C[C@@H]3CC(=O)N(C)C[C@@H]3C2)cc1Cl. The van der Waals surface area contributed by atoms with Crippen LogP contribution in [0.4, 0.5) is 0 Å². The Hall–Kier alpha value is -1.55. The van der Waals surface area contributed by atoms with Gasteiger partial charge in [0.05, 0.1) is 0 Å². The lowest BCUT2D eigenvalue weighted by molar-refractivity contribution is -0.134. The van der Waals surface area contributed by atoms with Crippen molar-refractivity contribution in [2.45, 2.75) is 32.2 Å². The molecule has 4 nitrogen and oxygen atoms in total. The summed E-state index contributed by atoms with van der Waals surface area (Å²) in [6.45, 7) is 2.74. The van der Waals surface area contributed by atoms with Crippen molar-refractivity contribution in [3.8, 4) is 0 Å². The van der Waals surface area contributed by atoms with Gasteiger partial charge in [0.15, 0.2) is 0 Å². The summed E-state index contributed by atoms with van der Waals surface area (Å²) in [6, 6.07) is 5.66. The summed E-state index contributed by atoms with van der Waals surface area (Å²) in [7, 11) is 3.73. The van der Waals surface area contributed by atoms with E-state index in [4.69, 9.17) is 11.6 Å². The highest BCUT2D eigenvalue weighted by molar-refractivity contribution is 6.31. The molecule has 3 atom stereocenters. The molecule has 1 saturated carbocycles. The van der Waals surface area contributed by atoms with Gasteiger partial charge < -0.3 is 9.80 Å². The molecule has 0 bridgehead atoms. The van der Waals surface area contributed by atoms with E-state index in [2.05, 4.69) is 0 Å². The van der Waals surface area contributed by atoms with Crippen LogP contribution < -0.4 is 0 Å². The maximum Gasteiger partial charge on any atom is 0.253 e. The Bertz CT molecular complexity index is 646. The Balaban J connectivity index is 1.71. The summed E-state index contributed by atoms with van der Waals surface area (Å²) < 4.78 is 0. The second-order valence-corrected chi connectivity index (χ2v) is 7.41. The van der Waals surface area contributed by atoms with Gasteiger partial charge >= 0.3 is 0 Å². The maximum absolute atomic E-state index is 12.7. The minimum absolute atomic E-state index is 0.00947. The predicted molar refractivity (Wildman–Crippen MR) is 90.5 cm³/mol. The third-order valence-electron chi connectivity index (χ3n) is 5.47. The van der Waals surface area contributed by atoms with Gasteiger partial charge in [-0.15, -0.1) is 0 Å². The van der Waals surface area contributed by atoms with E-state index in [1.165, 1.54) is 0 Å². The van der Waals surface area contributed by atoms with Gasteiger partial charge in [-0.3, -0.25) is 9.59 Å². The van der Waals surface area contributed by atoms with E-state index in [1.807, 2.05) is 43.0 Å². The molecule has 2 fully saturated rings. The number of benzene rings is 1. The summed E-state index contributed by atoms with van der Waals surface area (Å²) in [5.74, 6) is 1.17. The molecule has 124 valence electrons. The zero-order valence-electron chi connectivity index (χ0n) is 13.9. The van der Waals surface area contributed by atoms with Crippen LogP contribution >= 0.6 is 11.6 Å². The molecule has 2 amide bonds. The highest BCUT2D eigenvalue weighted by Crippen LogP contribution is 2.40. The van der Waals surface area contributed by atoms with E-state index in [0.717, 1.165) is 24.9 Å². The second kappa shape index (κ2) is 6.16. The molecule has 23 heavy (non-hydrogen) atoms. The van der Waals surface area contributed by atoms with Gasteiger partial charge in [-0.2, -0.15) is 0 Å². The number of aryl methyl sites for hydroxylation is 1. The van der Waals surface area contributed by atoms with Gasteiger partial charge in [0, 0.05) is 43.7 Å². The zero-order valence-corrected chi connectivity index (χ0v) is 14.6. The first-order valence-electron chi connectivity index (χ1n) is 8.14. The molecule has 1 aliphatic heterocycles. The zero-order chi connectivity index (χ0) is 16.7. The predicted octanol–water partition coefficient (Wildman–Crippen LogP) is 2.98. The molecule has 1 heterocycles. The second-order valence-electron chi connectivity index (χ2n) is 7.00. The molecule has 1 aliphatic carbocycles. The van der Waals surface area contributed by atoms with E-state index in [-0.39, 0.29) is 17.9 Å². The van der Waals surface area contributed by atoms with E-state index in [0.29, 0.717) is 28.8 Å². The molecule has 3 rings (SSSR count). The molecule has 0 radical (unpaired) electrons. The number of hydrogen-bond acceptors (Lipinski definition) is 2. The quantitative estimate of drug-likeness (QED) is 0.834. The monoisotopic (exact) mass is 334 g/mol. The van der Waals surface area contributed by atoms with Gasteiger partial charge in [-0.1, -0.05) is 17.7 Å². The van der Waals surface area contributed by atoms with Crippen LogP contribution in [-0.4, -0.2) is 48.3 Å².